The van der Waals surface area contributed by atoms with Crippen molar-refractivity contribution < 1.29 is 18.8 Å². The Morgan fingerprint density at radius 1 is 1.03 bits per heavy atom. The number of nitrogens with one attached hydrogen (secondary N) is 3. The van der Waals surface area contributed by atoms with Gasteiger partial charge in [-0.05, 0) is 57.2 Å². The summed E-state index contributed by atoms with van der Waals surface area (Å²) in [5.74, 6) is -1.06. The minimum Gasteiger partial charge on any atom is -0.408 e. The Labute approximate surface area is 229 Å². The molecule has 1 aromatic heterocycles. The molecule has 0 radical (unpaired) electrons. The van der Waals surface area contributed by atoms with Gasteiger partial charge in [-0.2, -0.15) is 0 Å². The number of Topliss-reactive ketones (excluding diaryl/α,β-unsaturated/α-hetero) is 1. The molecule has 38 heavy (non-hydrogen) atoms. The van der Waals surface area contributed by atoms with E-state index < -0.39 is 17.4 Å². The molecule has 208 valence electrons. The quantitative estimate of drug-likeness (QED) is 0.245. The summed E-state index contributed by atoms with van der Waals surface area (Å²) in [7, 11) is 0. The number of benzene rings is 1. The first-order valence-corrected chi connectivity index (χ1v) is 14.4. The standard InChI is InChI=1S/C28H41N5O4S/c1-17(2)15-22(23(34)25-32-33-27(37-25)38-19(5)6)30-26(36)28(13-8-7-9-14-28)31-24(35)20-11-10-12-21(16-20)29-18(3)4/h10-12,16-19,22,29H,7-9,13-15H2,1-6H3,(H,30,36)(H,31,35). The van der Waals surface area contributed by atoms with Gasteiger partial charge in [-0.15, -0.1) is 10.2 Å². The van der Waals surface area contributed by atoms with Crippen LogP contribution in [0.2, 0.25) is 0 Å². The summed E-state index contributed by atoms with van der Waals surface area (Å²) in [6.07, 6.45) is 4.04. The zero-order chi connectivity index (χ0) is 27.9. The largest absolute Gasteiger partial charge is 0.408 e. The number of thioether (sulfide) groups is 1. The number of nitrogens with zero attached hydrogens (tertiary/aromatic N) is 2. The lowest BCUT2D eigenvalue weighted by atomic mass is 9.80. The van der Waals surface area contributed by atoms with Crippen LogP contribution in [0.5, 0.6) is 0 Å². The van der Waals surface area contributed by atoms with Gasteiger partial charge in [-0.1, -0.05) is 64.8 Å². The van der Waals surface area contributed by atoms with Crippen molar-refractivity contribution >= 4 is 35.0 Å². The second kappa shape index (κ2) is 13.3. The number of carbonyl (C=O) groups excluding carboxylic acids is 3. The van der Waals surface area contributed by atoms with Crippen LogP contribution in [0.15, 0.2) is 33.9 Å². The molecule has 1 aromatic carbocycles. The maximum atomic E-state index is 13.8. The smallest absolute Gasteiger partial charge is 0.286 e. The maximum Gasteiger partial charge on any atom is 0.286 e. The molecule has 1 aliphatic carbocycles. The molecule has 0 bridgehead atoms. The van der Waals surface area contributed by atoms with Gasteiger partial charge in [0.05, 0.1) is 6.04 Å². The summed E-state index contributed by atoms with van der Waals surface area (Å²) in [6, 6.07) is 6.64. The first-order valence-electron chi connectivity index (χ1n) is 13.5. The molecule has 1 aliphatic rings. The normalized spacial score (nSPS) is 15.9. The summed E-state index contributed by atoms with van der Waals surface area (Å²) in [5, 5.41) is 17.8. The second-order valence-corrected chi connectivity index (χ2v) is 12.6. The molecule has 3 rings (SSSR count). The van der Waals surface area contributed by atoms with Gasteiger partial charge in [0.2, 0.25) is 11.7 Å². The fraction of sp³-hybridized carbons (Fsp3) is 0.607. The van der Waals surface area contributed by atoms with Gasteiger partial charge in [0.1, 0.15) is 5.54 Å². The molecule has 0 spiro atoms. The van der Waals surface area contributed by atoms with E-state index in [1.54, 1.807) is 12.1 Å². The van der Waals surface area contributed by atoms with Crippen LogP contribution >= 0.6 is 11.8 Å². The fourth-order valence-corrected chi connectivity index (χ4v) is 5.26. The molecular formula is C28H41N5O4S. The van der Waals surface area contributed by atoms with E-state index in [1.807, 2.05) is 53.7 Å². The highest BCUT2D eigenvalue weighted by molar-refractivity contribution is 7.99. The van der Waals surface area contributed by atoms with Gasteiger partial charge in [-0.25, -0.2) is 0 Å². The average Bonchev–Trinajstić information content (AvgIpc) is 3.31. The minimum atomic E-state index is -1.10. The molecule has 1 fully saturated rings. The highest BCUT2D eigenvalue weighted by atomic mass is 32.2. The number of anilines is 1. The Morgan fingerprint density at radius 2 is 1.74 bits per heavy atom. The van der Waals surface area contributed by atoms with E-state index in [-0.39, 0.29) is 34.9 Å². The number of aromatic nitrogens is 2. The van der Waals surface area contributed by atoms with Crippen molar-refractivity contribution in [3.63, 3.8) is 0 Å². The van der Waals surface area contributed by atoms with E-state index >= 15 is 0 Å². The van der Waals surface area contributed by atoms with Gasteiger partial charge in [0, 0.05) is 22.5 Å². The number of ketones is 1. The zero-order valence-corrected chi connectivity index (χ0v) is 24.1. The fourth-order valence-electron chi connectivity index (χ4n) is 4.64. The lowest BCUT2D eigenvalue weighted by Crippen LogP contribution is -2.62. The van der Waals surface area contributed by atoms with Crippen molar-refractivity contribution in [2.24, 2.45) is 5.92 Å². The van der Waals surface area contributed by atoms with E-state index in [0.29, 0.717) is 30.0 Å². The van der Waals surface area contributed by atoms with E-state index in [1.165, 1.54) is 11.8 Å². The van der Waals surface area contributed by atoms with Crippen LogP contribution in [0.1, 0.15) is 101 Å². The van der Waals surface area contributed by atoms with Crippen LogP contribution in [0.4, 0.5) is 5.69 Å². The van der Waals surface area contributed by atoms with Gasteiger partial charge >= 0.3 is 0 Å². The molecule has 10 heteroatoms. The van der Waals surface area contributed by atoms with Crippen LogP contribution in [0.3, 0.4) is 0 Å². The van der Waals surface area contributed by atoms with Crippen LogP contribution in [-0.2, 0) is 4.79 Å². The molecular weight excluding hydrogens is 502 g/mol. The summed E-state index contributed by atoms with van der Waals surface area (Å²) in [4.78, 5) is 40.5. The van der Waals surface area contributed by atoms with Crippen molar-refractivity contribution in [2.75, 3.05) is 5.32 Å². The van der Waals surface area contributed by atoms with Gasteiger partial charge in [0.25, 0.3) is 17.0 Å². The van der Waals surface area contributed by atoms with E-state index in [0.717, 1.165) is 24.9 Å². The average molecular weight is 544 g/mol. The molecule has 9 nitrogen and oxygen atoms in total. The van der Waals surface area contributed by atoms with Crippen LogP contribution in [0, 0.1) is 5.92 Å². The predicted octanol–water partition coefficient (Wildman–Crippen LogP) is 5.24. The third kappa shape index (κ3) is 8.06. The van der Waals surface area contributed by atoms with Crippen LogP contribution < -0.4 is 16.0 Å². The molecule has 1 unspecified atom stereocenters. The molecule has 0 aliphatic heterocycles. The Morgan fingerprint density at radius 3 is 2.37 bits per heavy atom. The Balaban J connectivity index is 1.81. The monoisotopic (exact) mass is 543 g/mol. The van der Waals surface area contributed by atoms with Crippen LogP contribution in [-0.4, -0.2) is 50.7 Å². The SMILES string of the molecule is CC(C)CC(NC(=O)C1(NC(=O)c2cccc(NC(C)C)c2)CCCCC1)C(=O)c1nnc(SC(C)C)o1. The number of rotatable bonds is 12. The van der Waals surface area contributed by atoms with E-state index in [9.17, 15) is 14.4 Å². The summed E-state index contributed by atoms with van der Waals surface area (Å²) >= 11 is 1.38. The van der Waals surface area contributed by atoms with Crippen molar-refractivity contribution in [2.45, 2.75) is 108 Å². The molecule has 2 amide bonds. The molecule has 1 heterocycles. The Bertz CT molecular complexity index is 1110. The first kappa shape index (κ1) is 29.7. The zero-order valence-electron chi connectivity index (χ0n) is 23.3. The van der Waals surface area contributed by atoms with Gasteiger partial charge in [0.15, 0.2) is 0 Å². The highest BCUT2D eigenvalue weighted by Crippen LogP contribution is 2.30. The van der Waals surface area contributed by atoms with Crippen LogP contribution in [0.25, 0.3) is 0 Å². The first-order chi connectivity index (χ1) is 18.0. The lowest BCUT2D eigenvalue weighted by molar-refractivity contribution is -0.129. The van der Waals surface area contributed by atoms with E-state index in [4.69, 9.17) is 4.42 Å². The van der Waals surface area contributed by atoms with Crippen molar-refractivity contribution in [1.82, 2.24) is 20.8 Å². The number of amides is 2. The highest BCUT2D eigenvalue weighted by Gasteiger charge is 2.43. The topological polar surface area (TPSA) is 126 Å². The Kier molecular flexibility index (Phi) is 10.4. The van der Waals surface area contributed by atoms with E-state index in [2.05, 4.69) is 26.1 Å². The molecule has 1 atom stereocenters. The molecule has 0 saturated heterocycles. The number of hydrogen-bond acceptors (Lipinski definition) is 8. The second-order valence-electron chi connectivity index (χ2n) is 11.0. The summed E-state index contributed by atoms with van der Waals surface area (Å²) in [5.41, 5.74) is 0.219. The molecule has 3 N–H and O–H groups in total. The van der Waals surface area contributed by atoms with Crippen molar-refractivity contribution in [3.05, 3.63) is 35.7 Å². The maximum absolute atomic E-state index is 13.8. The number of carbonyl (C=O) groups is 3. The lowest BCUT2D eigenvalue weighted by Gasteiger charge is -2.37. The molecule has 2 aromatic rings. The third-order valence-electron chi connectivity index (χ3n) is 6.36. The summed E-state index contributed by atoms with van der Waals surface area (Å²) in [6.45, 7) is 12.0. The van der Waals surface area contributed by atoms with Crippen molar-refractivity contribution in [1.29, 1.82) is 0 Å². The predicted molar refractivity (Wildman–Crippen MR) is 149 cm³/mol. The van der Waals surface area contributed by atoms with Gasteiger partial charge in [-0.3, -0.25) is 14.4 Å². The van der Waals surface area contributed by atoms with Gasteiger partial charge < -0.3 is 20.4 Å². The minimum absolute atomic E-state index is 0.115. The molecule has 1 saturated carbocycles. The Hall–Kier alpha value is -2.88. The summed E-state index contributed by atoms with van der Waals surface area (Å²) < 4.78 is 5.60. The van der Waals surface area contributed by atoms with Crippen molar-refractivity contribution in [3.8, 4) is 0 Å². The third-order valence-corrected chi connectivity index (χ3v) is 7.20. The number of hydrogen-bond donors (Lipinski definition) is 3.